The lowest BCUT2D eigenvalue weighted by molar-refractivity contribution is 0.0949. The van der Waals surface area contributed by atoms with Gasteiger partial charge < -0.3 is 16.4 Å². The minimum absolute atomic E-state index is 0.0315. The van der Waals surface area contributed by atoms with E-state index in [1.165, 1.54) is 18.5 Å². The zero-order valence-corrected chi connectivity index (χ0v) is 17.6. The minimum atomic E-state index is -0.574. The van der Waals surface area contributed by atoms with Crippen LogP contribution < -0.4 is 16.4 Å². The number of nitrogen functional groups attached to an aromatic ring is 1. The Morgan fingerprint density at radius 3 is 2.82 bits per heavy atom. The largest absolute Gasteiger partial charge is 0.382 e. The molecule has 33 heavy (non-hydrogen) atoms. The number of fused-ring (bicyclic) bond motifs is 1. The molecule has 4 rings (SSSR count). The number of pyridine rings is 2. The summed E-state index contributed by atoms with van der Waals surface area (Å²) in [6, 6.07) is 12.8. The molecule has 0 aliphatic carbocycles. The van der Waals surface area contributed by atoms with E-state index in [1.807, 2.05) is 12.1 Å². The number of hydrogen-bond acceptors (Lipinski definition) is 8. The van der Waals surface area contributed by atoms with Gasteiger partial charge in [0.1, 0.15) is 35.4 Å². The van der Waals surface area contributed by atoms with Crippen LogP contribution in [0.5, 0.6) is 0 Å². The second-order valence-corrected chi connectivity index (χ2v) is 7.19. The molecule has 1 aromatic carbocycles. The average molecular weight is 442 g/mol. The van der Waals surface area contributed by atoms with E-state index < -0.39 is 17.8 Å². The molecule has 10 heteroatoms. The Morgan fingerprint density at radius 2 is 2.06 bits per heavy atom. The lowest BCUT2D eigenvalue weighted by atomic mass is 10.0. The van der Waals surface area contributed by atoms with Gasteiger partial charge in [0.25, 0.3) is 5.91 Å². The molecule has 4 aromatic rings. The van der Waals surface area contributed by atoms with Crippen LogP contribution in [0, 0.1) is 17.1 Å². The normalized spacial score (nSPS) is 11.5. The van der Waals surface area contributed by atoms with Crippen LogP contribution in [-0.4, -0.2) is 25.8 Å². The number of carbonyl (C=O) groups is 1. The summed E-state index contributed by atoms with van der Waals surface area (Å²) in [5.41, 5.74) is 7.45. The number of aromatic nitrogens is 4. The van der Waals surface area contributed by atoms with Crippen molar-refractivity contribution in [3.05, 3.63) is 83.3 Å². The van der Waals surface area contributed by atoms with E-state index in [0.29, 0.717) is 16.9 Å². The Morgan fingerprint density at radius 1 is 1.21 bits per heavy atom. The van der Waals surface area contributed by atoms with Gasteiger partial charge in [-0.2, -0.15) is 5.26 Å². The molecule has 3 heterocycles. The predicted molar refractivity (Wildman–Crippen MR) is 120 cm³/mol. The Kier molecular flexibility index (Phi) is 6.04. The molecule has 0 aliphatic rings. The number of benzene rings is 1. The molecule has 0 saturated carbocycles. The highest BCUT2D eigenvalue weighted by molar-refractivity contribution is 5.99. The van der Waals surface area contributed by atoms with Crippen LogP contribution in [0.3, 0.4) is 0 Å². The van der Waals surface area contributed by atoms with E-state index in [9.17, 15) is 14.4 Å². The maximum atomic E-state index is 14.4. The van der Waals surface area contributed by atoms with Gasteiger partial charge in [-0.1, -0.05) is 12.1 Å². The van der Waals surface area contributed by atoms with Crippen LogP contribution in [0.15, 0.2) is 55.0 Å². The number of anilines is 2. The second kappa shape index (κ2) is 9.23. The monoisotopic (exact) mass is 442 g/mol. The molecule has 9 nitrogen and oxygen atoms in total. The molecule has 164 valence electrons. The molecule has 0 spiro atoms. The summed E-state index contributed by atoms with van der Waals surface area (Å²) in [7, 11) is 0. The third-order valence-electron chi connectivity index (χ3n) is 4.99. The van der Waals surface area contributed by atoms with E-state index >= 15 is 0 Å². The van der Waals surface area contributed by atoms with Crippen LogP contribution in [0.1, 0.15) is 40.3 Å². The third kappa shape index (κ3) is 4.52. The lowest BCUT2D eigenvalue weighted by Crippen LogP contribution is -2.26. The van der Waals surface area contributed by atoms with Gasteiger partial charge in [-0.25, -0.2) is 19.3 Å². The van der Waals surface area contributed by atoms with Crippen molar-refractivity contribution in [2.45, 2.75) is 19.5 Å². The molecule has 3 aromatic heterocycles. The summed E-state index contributed by atoms with van der Waals surface area (Å²) in [4.78, 5) is 29.7. The summed E-state index contributed by atoms with van der Waals surface area (Å²) < 4.78 is 14.4. The van der Waals surface area contributed by atoms with E-state index in [4.69, 9.17) is 5.73 Å². The van der Waals surface area contributed by atoms with Gasteiger partial charge >= 0.3 is 0 Å². The lowest BCUT2D eigenvalue weighted by Gasteiger charge is -2.19. The van der Waals surface area contributed by atoms with Gasteiger partial charge in [-0.05, 0) is 37.3 Å². The Bertz CT molecular complexity index is 1370. The summed E-state index contributed by atoms with van der Waals surface area (Å²) in [5, 5.41) is 15.5. The van der Waals surface area contributed by atoms with Crippen molar-refractivity contribution >= 4 is 28.4 Å². The number of amides is 1. The fourth-order valence-corrected chi connectivity index (χ4v) is 3.35. The highest BCUT2D eigenvalue weighted by Crippen LogP contribution is 2.27. The van der Waals surface area contributed by atoms with Crippen LogP contribution in [0.2, 0.25) is 0 Å². The molecule has 1 amide bonds. The number of nitriles is 1. The predicted octanol–water partition coefficient (Wildman–Crippen LogP) is 3.12. The molecular formula is C23H19FN8O. The summed E-state index contributed by atoms with van der Waals surface area (Å²) in [6.07, 6.45) is 2.86. The van der Waals surface area contributed by atoms with Gasteiger partial charge in [0.2, 0.25) is 0 Å². The third-order valence-corrected chi connectivity index (χ3v) is 4.99. The fraction of sp³-hybridized carbons (Fsp3) is 0.130. The Labute approximate surface area is 188 Å². The van der Waals surface area contributed by atoms with Gasteiger partial charge in [-0.3, -0.25) is 9.78 Å². The summed E-state index contributed by atoms with van der Waals surface area (Å²) >= 11 is 0. The zero-order chi connectivity index (χ0) is 23.4. The first-order valence-electron chi connectivity index (χ1n) is 10.0. The van der Waals surface area contributed by atoms with Crippen molar-refractivity contribution < 1.29 is 9.18 Å². The van der Waals surface area contributed by atoms with E-state index in [1.54, 1.807) is 37.4 Å². The number of nitrogens with one attached hydrogen (secondary N) is 2. The molecule has 1 unspecified atom stereocenters. The van der Waals surface area contributed by atoms with Crippen molar-refractivity contribution in [3.8, 4) is 6.07 Å². The van der Waals surface area contributed by atoms with Crippen molar-refractivity contribution in [3.63, 3.8) is 0 Å². The standard InChI is InChI=1S/C23H19FN8O/c1-13(31-22-17(10-25)21(26)29-12-30-22)20-16(9-15-18(24)6-4-7-19(15)32-20)23(33)28-11-14-5-2-3-8-27-14/h2-9,12-13H,11H2,1H3,(H,28,33)(H3,26,29,30,31). The van der Waals surface area contributed by atoms with Crippen LogP contribution in [0.4, 0.5) is 16.0 Å². The number of nitrogens with zero attached hydrogens (tertiary/aromatic N) is 5. The molecule has 0 bridgehead atoms. The van der Waals surface area contributed by atoms with E-state index in [-0.39, 0.29) is 34.7 Å². The smallest absolute Gasteiger partial charge is 0.253 e. The number of carbonyl (C=O) groups excluding carboxylic acids is 1. The summed E-state index contributed by atoms with van der Waals surface area (Å²) in [5.74, 6) is -0.687. The Hall–Kier alpha value is -4.65. The molecular weight excluding hydrogens is 423 g/mol. The first kappa shape index (κ1) is 21.6. The minimum Gasteiger partial charge on any atom is -0.382 e. The first-order chi connectivity index (χ1) is 16.0. The number of nitrogens with two attached hydrogens (primary N) is 1. The van der Waals surface area contributed by atoms with Gasteiger partial charge in [0.05, 0.1) is 35.1 Å². The quantitative estimate of drug-likeness (QED) is 0.413. The number of hydrogen-bond donors (Lipinski definition) is 3. The van der Waals surface area contributed by atoms with Crippen LogP contribution in [0.25, 0.3) is 10.9 Å². The topological polar surface area (TPSA) is 142 Å². The maximum Gasteiger partial charge on any atom is 0.253 e. The first-order valence-corrected chi connectivity index (χ1v) is 10.0. The highest BCUT2D eigenvalue weighted by Gasteiger charge is 2.22. The second-order valence-electron chi connectivity index (χ2n) is 7.19. The fourth-order valence-electron chi connectivity index (χ4n) is 3.35. The van der Waals surface area contributed by atoms with Crippen molar-refractivity contribution in [2.75, 3.05) is 11.1 Å². The zero-order valence-electron chi connectivity index (χ0n) is 17.6. The molecule has 0 saturated heterocycles. The van der Waals surface area contributed by atoms with E-state index in [2.05, 4.69) is 30.6 Å². The maximum absolute atomic E-state index is 14.4. The molecule has 0 fully saturated rings. The molecule has 4 N–H and O–H groups in total. The van der Waals surface area contributed by atoms with E-state index in [0.717, 1.165) is 0 Å². The van der Waals surface area contributed by atoms with Crippen molar-refractivity contribution in [1.82, 2.24) is 25.3 Å². The van der Waals surface area contributed by atoms with Crippen molar-refractivity contribution in [1.29, 1.82) is 5.26 Å². The van der Waals surface area contributed by atoms with Crippen LogP contribution in [-0.2, 0) is 6.54 Å². The van der Waals surface area contributed by atoms with Gasteiger partial charge in [0, 0.05) is 11.6 Å². The Balaban J connectivity index is 1.72. The van der Waals surface area contributed by atoms with Crippen molar-refractivity contribution in [2.24, 2.45) is 0 Å². The van der Waals surface area contributed by atoms with Gasteiger partial charge in [0.15, 0.2) is 0 Å². The molecule has 1 atom stereocenters. The molecule has 0 radical (unpaired) electrons. The molecule has 0 aliphatic heterocycles. The summed E-state index contributed by atoms with van der Waals surface area (Å²) in [6.45, 7) is 1.94. The SMILES string of the molecule is CC(Nc1ncnc(N)c1C#N)c1nc2cccc(F)c2cc1C(=O)NCc1ccccn1. The number of rotatable bonds is 6. The average Bonchev–Trinajstić information content (AvgIpc) is 2.83. The van der Waals surface area contributed by atoms with Gasteiger partial charge in [-0.15, -0.1) is 0 Å². The highest BCUT2D eigenvalue weighted by atomic mass is 19.1. The van der Waals surface area contributed by atoms with Crippen LogP contribution >= 0.6 is 0 Å². The number of halogens is 1.